The van der Waals surface area contributed by atoms with E-state index in [2.05, 4.69) is 5.32 Å². The van der Waals surface area contributed by atoms with Gasteiger partial charge in [-0.3, -0.25) is 9.59 Å². The number of hydrogen-bond donors (Lipinski definition) is 2. The average molecular weight is 275 g/mol. The van der Waals surface area contributed by atoms with E-state index in [0.717, 1.165) is 24.9 Å². The number of carbonyl (C=O) groups is 2. The Morgan fingerprint density at radius 2 is 2.05 bits per heavy atom. The first-order chi connectivity index (χ1) is 9.61. The van der Waals surface area contributed by atoms with Gasteiger partial charge in [0.2, 0.25) is 5.91 Å². The van der Waals surface area contributed by atoms with Gasteiger partial charge >= 0.3 is 0 Å². The largest absolute Gasteiger partial charge is 0.352 e. The molecule has 1 fully saturated rings. The van der Waals surface area contributed by atoms with Gasteiger partial charge in [0.05, 0.1) is 0 Å². The van der Waals surface area contributed by atoms with E-state index in [1.165, 1.54) is 6.92 Å². The summed E-state index contributed by atoms with van der Waals surface area (Å²) < 4.78 is 0. The lowest BCUT2D eigenvalue weighted by Gasteiger charge is -2.23. The van der Waals surface area contributed by atoms with Gasteiger partial charge in [0.25, 0.3) is 5.91 Å². The molecule has 5 nitrogen and oxygen atoms in total. The highest BCUT2D eigenvalue weighted by Gasteiger charge is 2.28. The standard InChI is InChI=1S/C15H21N3O2/c1-11(19)17-10-12-4-6-13(7-5-12)15(20)18-8-2-3-14(18)9-16/h4-7,14H,2-3,8-10,16H2,1H3,(H,17,19)/t14-/m1/s1. The Kier molecular flexibility index (Phi) is 4.74. The van der Waals surface area contributed by atoms with Crippen molar-refractivity contribution in [3.05, 3.63) is 35.4 Å². The van der Waals surface area contributed by atoms with Gasteiger partial charge in [-0.25, -0.2) is 0 Å². The minimum Gasteiger partial charge on any atom is -0.352 e. The number of likely N-dealkylation sites (tertiary alicyclic amines) is 1. The van der Waals surface area contributed by atoms with E-state index in [-0.39, 0.29) is 17.9 Å². The van der Waals surface area contributed by atoms with Crippen LogP contribution in [0.25, 0.3) is 0 Å². The van der Waals surface area contributed by atoms with Crippen LogP contribution < -0.4 is 11.1 Å². The maximum absolute atomic E-state index is 12.4. The minimum atomic E-state index is -0.0620. The van der Waals surface area contributed by atoms with Gasteiger partial charge in [-0.1, -0.05) is 12.1 Å². The predicted molar refractivity (Wildman–Crippen MR) is 77.1 cm³/mol. The van der Waals surface area contributed by atoms with Gasteiger partial charge in [0, 0.05) is 38.2 Å². The van der Waals surface area contributed by atoms with Gasteiger partial charge in [-0.2, -0.15) is 0 Å². The molecule has 0 saturated carbocycles. The van der Waals surface area contributed by atoms with Crippen molar-refractivity contribution in [3.8, 4) is 0 Å². The van der Waals surface area contributed by atoms with Crippen molar-refractivity contribution >= 4 is 11.8 Å². The molecule has 1 aliphatic rings. The number of rotatable bonds is 4. The van der Waals surface area contributed by atoms with Crippen LogP contribution in [0.15, 0.2) is 24.3 Å². The fraction of sp³-hybridized carbons (Fsp3) is 0.467. The van der Waals surface area contributed by atoms with Crippen LogP contribution in [0, 0.1) is 0 Å². The summed E-state index contributed by atoms with van der Waals surface area (Å²) in [7, 11) is 0. The van der Waals surface area contributed by atoms with Crippen molar-refractivity contribution in [2.75, 3.05) is 13.1 Å². The summed E-state index contributed by atoms with van der Waals surface area (Å²) in [6.07, 6.45) is 2.01. The second kappa shape index (κ2) is 6.52. The summed E-state index contributed by atoms with van der Waals surface area (Å²) in [4.78, 5) is 25.1. The van der Waals surface area contributed by atoms with Crippen LogP contribution >= 0.6 is 0 Å². The third-order valence-corrected chi connectivity index (χ3v) is 3.65. The van der Waals surface area contributed by atoms with Crippen LogP contribution in [0.3, 0.4) is 0 Å². The normalized spacial score (nSPS) is 18.1. The zero-order chi connectivity index (χ0) is 14.5. The van der Waals surface area contributed by atoms with Crippen molar-refractivity contribution in [2.45, 2.75) is 32.4 Å². The number of benzene rings is 1. The second-order valence-corrected chi connectivity index (χ2v) is 5.14. The zero-order valence-corrected chi connectivity index (χ0v) is 11.8. The quantitative estimate of drug-likeness (QED) is 0.856. The number of hydrogen-bond acceptors (Lipinski definition) is 3. The molecule has 1 aromatic rings. The lowest BCUT2D eigenvalue weighted by atomic mass is 10.1. The molecular formula is C15H21N3O2. The Labute approximate surface area is 119 Å². The van der Waals surface area contributed by atoms with Crippen molar-refractivity contribution in [1.82, 2.24) is 10.2 Å². The molecule has 0 aliphatic carbocycles. The minimum absolute atomic E-state index is 0.0454. The fourth-order valence-corrected chi connectivity index (χ4v) is 2.51. The number of nitrogens with zero attached hydrogens (tertiary/aromatic N) is 1. The average Bonchev–Trinajstić information content (AvgIpc) is 2.93. The van der Waals surface area contributed by atoms with Gasteiger partial charge in [0.1, 0.15) is 0 Å². The first kappa shape index (κ1) is 14.5. The Bertz CT molecular complexity index is 484. The number of amides is 2. The van der Waals surface area contributed by atoms with Crippen molar-refractivity contribution in [3.63, 3.8) is 0 Å². The van der Waals surface area contributed by atoms with E-state index >= 15 is 0 Å². The molecule has 0 spiro atoms. The molecular weight excluding hydrogens is 254 g/mol. The molecule has 1 atom stereocenters. The molecule has 108 valence electrons. The summed E-state index contributed by atoms with van der Waals surface area (Å²) in [5.74, 6) is -0.0166. The maximum Gasteiger partial charge on any atom is 0.254 e. The molecule has 5 heteroatoms. The molecule has 20 heavy (non-hydrogen) atoms. The molecule has 1 aliphatic heterocycles. The number of nitrogens with two attached hydrogens (primary N) is 1. The molecule has 0 radical (unpaired) electrons. The van der Waals surface area contributed by atoms with Crippen LogP contribution in [-0.4, -0.2) is 35.8 Å². The summed E-state index contributed by atoms with van der Waals surface area (Å²) >= 11 is 0. The van der Waals surface area contributed by atoms with E-state index < -0.39 is 0 Å². The molecule has 2 rings (SSSR count). The van der Waals surface area contributed by atoms with Gasteiger partial charge < -0.3 is 16.0 Å². The third kappa shape index (κ3) is 3.36. The summed E-state index contributed by atoms with van der Waals surface area (Å²) in [5, 5.41) is 2.73. The monoisotopic (exact) mass is 275 g/mol. The van der Waals surface area contributed by atoms with Crippen molar-refractivity contribution in [2.24, 2.45) is 5.73 Å². The van der Waals surface area contributed by atoms with Crippen LogP contribution in [0.2, 0.25) is 0 Å². The van der Waals surface area contributed by atoms with Crippen LogP contribution in [-0.2, 0) is 11.3 Å². The first-order valence-electron chi connectivity index (χ1n) is 6.96. The van der Waals surface area contributed by atoms with Crippen LogP contribution in [0.5, 0.6) is 0 Å². The van der Waals surface area contributed by atoms with Crippen LogP contribution in [0.1, 0.15) is 35.7 Å². The second-order valence-electron chi connectivity index (χ2n) is 5.14. The molecule has 1 heterocycles. The van der Waals surface area contributed by atoms with Crippen LogP contribution in [0.4, 0.5) is 0 Å². The summed E-state index contributed by atoms with van der Waals surface area (Å²) in [6.45, 7) is 3.28. The zero-order valence-electron chi connectivity index (χ0n) is 11.8. The Balaban J connectivity index is 2.02. The molecule has 0 aromatic heterocycles. The smallest absolute Gasteiger partial charge is 0.254 e. The molecule has 1 saturated heterocycles. The lowest BCUT2D eigenvalue weighted by molar-refractivity contribution is -0.119. The molecule has 3 N–H and O–H groups in total. The SMILES string of the molecule is CC(=O)NCc1ccc(C(=O)N2CCC[C@@H]2CN)cc1. The van der Waals surface area contributed by atoms with E-state index in [1.807, 2.05) is 29.2 Å². The van der Waals surface area contributed by atoms with E-state index in [0.29, 0.717) is 18.7 Å². The number of nitrogens with one attached hydrogen (secondary N) is 1. The highest BCUT2D eigenvalue weighted by molar-refractivity contribution is 5.94. The highest BCUT2D eigenvalue weighted by Crippen LogP contribution is 2.19. The van der Waals surface area contributed by atoms with E-state index in [1.54, 1.807) is 0 Å². The Morgan fingerprint density at radius 1 is 1.35 bits per heavy atom. The van der Waals surface area contributed by atoms with Crippen molar-refractivity contribution < 1.29 is 9.59 Å². The fourth-order valence-electron chi connectivity index (χ4n) is 2.51. The Morgan fingerprint density at radius 3 is 2.65 bits per heavy atom. The summed E-state index contributed by atoms with van der Waals surface area (Å²) in [5.41, 5.74) is 7.36. The van der Waals surface area contributed by atoms with Gasteiger partial charge in [0.15, 0.2) is 0 Å². The molecule has 2 amide bonds. The lowest BCUT2D eigenvalue weighted by Crippen LogP contribution is -2.39. The Hall–Kier alpha value is -1.88. The summed E-state index contributed by atoms with van der Waals surface area (Å²) in [6, 6.07) is 7.53. The van der Waals surface area contributed by atoms with Gasteiger partial charge in [-0.05, 0) is 30.5 Å². The number of carbonyl (C=O) groups excluding carboxylic acids is 2. The molecule has 0 bridgehead atoms. The van der Waals surface area contributed by atoms with E-state index in [9.17, 15) is 9.59 Å². The van der Waals surface area contributed by atoms with Crippen molar-refractivity contribution in [1.29, 1.82) is 0 Å². The highest BCUT2D eigenvalue weighted by atomic mass is 16.2. The first-order valence-corrected chi connectivity index (χ1v) is 6.96. The third-order valence-electron chi connectivity index (χ3n) is 3.65. The topological polar surface area (TPSA) is 75.4 Å². The van der Waals surface area contributed by atoms with E-state index in [4.69, 9.17) is 5.73 Å². The van der Waals surface area contributed by atoms with Gasteiger partial charge in [-0.15, -0.1) is 0 Å². The maximum atomic E-state index is 12.4. The molecule has 1 aromatic carbocycles. The molecule has 0 unspecified atom stereocenters. The predicted octanol–water partition coefficient (Wildman–Crippen LogP) is 0.886.